The van der Waals surface area contributed by atoms with Crippen molar-refractivity contribution in [3.05, 3.63) is 137 Å². The van der Waals surface area contributed by atoms with Crippen molar-refractivity contribution < 1.29 is 29.6 Å². The van der Waals surface area contributed by atoms with Crippen molar-refractivity contribution in [2.24, 2.45) is 0 Å². The second kappa shape index (κ2) is 15.7. The Hall–Kier alpha value is -4.25. The lowest BCUT2D eigenvalue weighted by atomic mass is 9.99. The van der Waals surface area contributed by atoms with E-state index in [9.17, 15) is 20.1 Å². The van der Waals surface area contributed by atoms with Crippen LogP contribution in [0.25, 0.3) is 0 Å². The second-order valence-electron chi connectivity index (χ2n) is 11.4. The fourth-order valence-electron chi connectivity index (χ4n) is 5.40. The molecule has 0 aromatic heterocycles. The molecule has 45 heavy (non-hydrogen) atoms. The van der Waals surface area contributed by atoms with Gasteiger partial charge in [0, 0.05) is 38.2 Å². The Balaban J connectivity index is 1.21. The van der Waals surface area contributed by atoms with Gasteiger partial charge in [0.15, 0.2) is 6.29 Å². The number of urea groups is 1. The van der Waals surface area contributed by atoms with Crippen LogP contribution >= 0.6 is 0 Å². The number of aromatic hydroxyl groups is 1. The quantitative estimate of drug-likeness (QED) is 0.151. The van der Waals surface area contributed by atoms with Gasteiger partial charge in [-0.15, -0.1) is 0 Å². The van der Waals surface area contributed by atoms with E-state index in [4.69, 9.17) is 9.47 Å². The Bertz CT molecular complexity index is 1500. The molecule has 0 aliphatic carbocycles. The number of aliphatic hydroxyl groups excluding tert-OH is 2. The first kappa shape index (κ1) is 32.2. The number of ether oxygens (including phenoxy) is 2. The van der Waals surface area contributed by atoms with E-state index in [1.807, 2.05) is 90.8 Å². The molecule has 9 nitrogen and oxygen atoms in total. The highest BCUT2D eigenvalue weighted by Crippen LogP contribution is 2.38. The van der Waals surface area contributed by atoms with Gasteiger partial charge in [-0.05, 0) is 47.0 Å². The van der Waals surface area contributed by atoms with E-state index in [2.05, 4.69) is 10.6 Å². The maximum absolute atomic E-state index is 12.3. The van der Waals surface area contributed by atoms with Crippen molar-refractivity contribution in [2.75, 3.05) is 20.1 Å². The molecule has 0 radical (unpaired) electrons. The van der Waals surface area contributed by atoms with E-state index in [1.54, 1.807) is 24.3 Å². The summed E-state index contributed by atoms with van der Waals surface area (Å²) in [6, 6.07) is 31.7. The number of likely N-dealkylation sites (N-methyl/N-ethyl adjacent to an activating group) is 1. The SMILES string of the molecule is CN(C[C@@H]1C[C@H](c2ccc(CO)cc2)O[C@H](c2ccc(CNC(=O)NCc3ccccc3)cc2)O1)C[C@@H](O)c1cccc(O)c1. The predicted molar refractivity (Wildman–Crippen MR) is 171 cm³/mol. The molecule has 1 aliphatic rings. The van der Waals surface area contributed by atoms with Crippen LogP contribution in [-0.4, -0.2) is 52.5 Å². The Morgan fingerprint density at radius 1 is 0.844 bits per heavy atom. The summed E-state index contributed by atoms with van der Waals surface area (Å²) in [5, 5.41) is 35.8. The number of aliphatic hydroxyl groups is 2. The molecule has 5 N–H and O–H groups in total. The van der Waals surface area contributed by atoms with Gasteiger partial charge in [0.2, 0.25) is 0 Å². The molecule has 4 atom stereocenters. The summed E-state index contributed by atoms with van der Waals surface area (Å²) in [5.41, 5.74) is 5.31. The van der Waals surface area contributed by atoms with E-state index in [-0.39, 0.29) is 30.6 Å². The normalized spacial score (nSPS) is 18.8. The number of phenols is 1. The zero-order valence-electron chi connectivity index (χ0n) is 25.4. The third-order valence-electron chi connectivity index (χ3n) is 7.87. The molecule has 1 aliphatic heterocycles. The standard InChI is InChI=1S/C36H41N3O6/c1-39(23-33(42)30-8-5-9-31(41)18-30)22-32-19-34(28-14-12-27(24-40)13-15-28)45-35(44-32)29-16-10-26(11-17-29)21-38-36(43)37-20-25-6-3-2-4-7-25/h2-18,32-35,40-42H,19-24H2,1H3,(H2,37,38,43)/t32-,33+,34+,35+/m0/s1. The first-order valence-corrected chi connectivity index (χ1v) is 15.2. The van der Waals surface area contributed by atoms with E-state index >= 15 is 0 Å². The van der Waals surface area contributed by atoms with Crippen LogP contribution in [0.3, 0.4) is 0 Å². The number of nitrogens with one attached hydrogen (secondary N) is 2. The van der Waals surface area contributed by atoms with E-state index in [1.165, 1.54) is 0 Å². The van der Waals surface area contributed by atoms with Crippen LogP contribution in [-0.2, 0) is 29.2 Å². The fraction of sp³-hybridized carbons (Fsp3) is 0.306. The smallest absolute Gasteiger partial charge is 0.315 e. The van der Waals surface area contributed by atoms with Gasteiger partial charge in [-0.2, -0.15) is 0 Å². The van der Waals surface area contributed by atoms with Crippen LogP contribution in [0.15, 0.2) is 103 Å². The minimum atomic E-state index is -0.763. The number of benzene rings is 4. The first-order chi connectivity index (χ1) is 21.9. The lowest BCUT2D eigenvalue weighted by Crippen LogP contribution is -2.39. The molecule has 2 amide bonds. The monoisotopic (exact) mass is 611 g/mol. The average Bonchev–Trinajstić information content (AvgIpc) is 3.07. The lowest BCUT2D eigenvalue weighted by Gasteiger charge is -2.38. The van der Waals surface area contributed by atoms with E-state index in [0.29, 0.717) is 38.2 Å². The molecule has 4 aromatic carbocycles. The van der Waals surface area contributed by atoms with Crippen LogP contribution in [0, 0.1) is 0 Å². The van der Waals surface area contributed by atoms with Crippen molar-refractivity contribution in [3.8, 4) is 5.75 Å². The molecular weight excluding hydrogens is 570 g/mol. The van der Waals surface area contributed by atoms with Crippen molar-refractivity contribution >= 4 is 6.03 Å². The Labute approximate surface area is 264 Å². The predicted octanol–water partition coefficient (Wildman–Crippen LogP) is 5.09. The molecule has 9 heteroatoms. The molecule has 1 heterocycles. The van der Waals surface area contributed by atoms with Gasteiger partial charge in [-0.1, -0.05) is 91.0 Å². The summed E-state index contributed by atoms with van der Waals surface area (Å²) >= 11 is 0. The van der Waals surface area contributed by atoms with Gasteiger partial charge in [0.1, 0.15) is 5.75 Å². The molecule has 4 aromatic rings. The lowest BCUT2D eigenvalue weighted by molar-refractivity contribution is -0.252. The topological polar surface area (TPSA) is 124 Å². The maximum Gasteiger partial charge on any atom is 0.315 e. The minimum absolute atomic E-state index is 0.0254. The summed E-state index contributed by atoms with van der Waals surface area (Å²) in [7, 11) is 1.93. The molecule has 0 unspecified atom stereocenters. The highest BCUT2D eigenvalue weighted by Gasteiger charge is 2.33. The zero-order chi connectivity index (χ0) is 31.6. The van der Waals surface area contributed by atoms with Crippen LogP contribution in [0.1, 0.15) is 58.3 Å². The molecule has 0 bridgehead atoms. The minimum Gasteiger partial charge on any atom is -0.508 e. The van der Waals surface area contributed by atoms with Crippen LogP contribution < -0.4 is 10.6 Å². The zero-order valence-corrected chi connectivity index (χ0v) is 25.4. The number of nitrogens with zero attached hydrogens (tertiary/aromatic N) is 1. The van der Waals surface area contributed by atoms with Crippen LogP contribution in [0.5, 0.6) is 5.75 Å². The third kappa shape index (κ3) is 9.37. The van der Waals surface area contributed by atoms with Gasteiger partial charge in [0.25, 0.3) is 0 Å². The molecule has 0 spiro atoms. The van der Waals surface area contributed by atoms with Crippen molar-refractivity contribution in [3.63, 3.8) is 0 Å². The Kier molecular flexibility index (Phi) is 11.2. The summed E-state index contributed by atoms with van der Waals surface area (Å²) in [4.78, 5) is 14.3. The van der Waals surface area contributed by atoms with Gasteiger partial charge in [-0.25, -0.2) is 4.79 Å². The summed E-state index contributed by atoms with van der Waals surface area (Å²) in [6.45, 7) is 1.73. The van der Waals surface area contributed by atoms with Crippen molar-refractivity contribution in [1.29, 1.82) is 0 Å². The summed E-state index contributed by atoms with van der Waals surface area (Å²) in [6.07, 6.45) is -1.20. The van der Waals surface area contributed by atoms with E-state index < -0.39 is 12.4 Å². The van der Waals surface area contributed by atoms with Crippen molar-refractivity contribution in [2.45, 2.75) is 50.7 Å². The maximum atomic E-state index is 12.3. The molecule has 5 rings (SSSR count). The molecule has 1 saturated heterocycles. The van der Waals surface area contributed by atoms with Gasteiger partial charge in [0.05, 0.1) is 24.9 Å². The third-order valence-corrected chi connectivity index (χ3v) is 7.87. The van der Waals surface area contributed by atoms with Crippen LogP contribution in [0.4, 0.5) is 4.79 Å². The van der Waals surface area contributed by atoms with Crippen molar-refractivity contribution in [1.82, 2.24) is 15.5 Å². The summed E-state index contributed by atoms with van der Waals surface area (Å²) < 4.78 is 12.9. The van der Waals surface area contributed by atoms with Crippen LogP contribution in [0.2, 0.25) is 0 Å². The average molecular weight is 612 g/mol. The Morgan fingerprint density at radius 3 is 2.16 bits per heavy atom. The number of hydrogen-bond donors (Lipinski definition) is 5. The number of phenolic OH excluding ortho intramolecular Hbond substituents is 1. The second-order valence-corrected chi connectivity index (χ2v) is 11.4. The Morgan fingerprint density at radius 2 is 1.49 bits per heavy atom. The summed E-state index contributed by atoms with van der Waals surface area (Å²) in [5.74, 6) is 0.119. The number of carbonyl (C=O) groups is 1. The number of rotatable bonds is 12. The molecule has 1 fully saturated rings. The molecular formula is C36H41N3O6. The highest BCUT2D eigenvalue weighted by molar-refractivity contribution is 5.73. The molecule has 0 saturated carbocycles. The largest absolute Gasteiger partial charge is 0.508 e. The number of amides is 2. The highest BCUT2D eigenvalue weighted by atomic mass is 16.7. The number of hydrogen-bond acceptors (Lipinski definition) is 7. The molecule has 236 valence electrons. The first-order valence-electron chi connectivity index (χ1n) is 15.2. The van der Waals surface area contributed by atoms with E-state index in [0.717, 1.165) is 27.8 Å². The number of carbonyl (C=O) groups excluding carboxylic acids is 1. The fourth-order valence-corrected chi connectivity index (χ4v) is 5.40. The van der Waals surface area contributed by atoms with Gasteiger partial charge < -0.3 is 40.3 Å². The van der Waals surface area contributed by atoms with Gasteiger partial charge in [-0.3, -0.25) is 0 Å². The van der Waals surface area contributed by atoms with Gasteiger partial charge >= 0.3 is 6.03 Å².